The van der Waals surface area contributed by atoms with Crippen LogP contribution in [0, 0.1) is 0 Å². The van der Waals surface area contributed by atoms with Crippen molar-refractivity contribution < 1.29 is 37.3 Å². The SMILES string of the molecule is O=C(NNCc1ccc(OC(F)(F)F)cc1)[C@@]1(Cc2ccc(Br)cc2)N=C(c2ccc(OCCCO)cc2)O[C@H]1c1ccccc1Br. The molecule has 1 amide bonds. The quantitative estimate of drug-likeness (QED) is 0.0983. The fourth-order valence-electron chi connectivity index (χ4n) is 5.00. The molecule has 4 aromatic carbocycles. The van der Waals surface area contributed by atoms with Crippen molar-refractivity contribution in [1.82, 2.24) is 10.9 Å². The number of rotatable bonds is 13. The lowest BCUT2D eigenvalue weighted by Crippen LogP contribution is -2.53. The summed E-state index contributed by atoms with van der Waals surface area (Å²) < 4.78 is 55.5. The number of hydrogen-bond donors (Lipinski definition) is 3. The standard InChI is InChI=1S/C34H30Br2F3N3O5/c35-25-12-6-22(7-13-25)20-33(32(44)42-40-21-23-8-14-27(15-9-23)47-34(37,38)39)30(28-4-1-2-5-29(28)36)46-31(41-33)24-10-16-26(17-11-24)45-19-3-18-43/h1-2,4-17,30,40,43H,3,18-21H2,(H,42,44)/t30-,33-/m0/s1. The van der Waals surface area contributed by atoms with Crippen molar-refractivity contribution in [3.8, 4) is 11.5 Å². The van der Waals surface area contributed by atoms with Gasteiger partial charge in [-0.3, -0.25) is 10.2 Å². The fraction of sp³-hybridized carbons (Fsp3) is 0.235. The van der Waals surface area contributed by atoms with Crippen LogP contribution >= 0.6 is 31.9 Å². The molecule has 4 aromatic rings. The van der Waals surface area contributed by atoms with Gasteiger partial charge in [-0.05, 0) is 65.7 Å². The number of carbonyl (C=O) groups excluding carboxylic acids is 1. The third-order valence-corrected chi connectivity index (χ3v) is 8.51. The van der Waals surface area contributed by atoms with Crippen molar-refractivity contribution in [2.24, 2.45) is 4.99 Å². The van der Waals surface area contributed by atoms with Crippen LogP contribution in [-0.2, 0) is 22.5 Å². The van der Waals surface area contributed by atoms with E-state index in [1.54, 1.807) is 24.3 Å². The van der Waals surface area contributed by atoms with E-state index < -0.39 is 23.9 Å². The summed E-state index contributed by atoms with van der Waals surface area (Å²) in [7, 11) is 0. The molecule has 1 aliphatic rings. The number of nitrogens with zero attached hydrogens (tertiary/aromatic N) is 1. The third kappa shape index (κ3) is 8.92. The molecule has 0 saturated carbocycles. The largest absolute Gasteiger partial charge is 0.573 e. The number of halogens is 5. The minimum absolute atomic E-state index is 0.0275. The number of hydrazine groups is 1. The average Bonchev–Trinajstić information content (AvgIpc) is 3.43. The first kappa shape index (κ1) is 34.4. The zero-order valence-corrected chi connectivity index (χ0v) is 27.9. The average molecular weight is 777 g/mol. The zero-order chi connectivity index (χ0) is 33.4. The van der Waals surface area contributed by atoms with Crippen molar-refractivity contribution in [1.29, 1.82) is 0 Å². The molecule has 0 aromatic heterocycles. The van der Waals surface area contributed by atoms with E-state index >= 15 is 0 Å². The third-order valence-electron chi connectivity index (χ3n) is 7.26. The molecule has 0 bridgehead atoms. The number of aliphatic hydroxyl groups excluding tert-OH is 1. The highest BCUT2D eigenvalue weighted by atomic mass is 79.9. The van der Waals surface area contributed by atoms with E-state index in [1.807, 2.05) is 48.5 Å². The van der Waals surface area contributed by atoms with Crippen molar-refractivity contribution >= 4 is 43.7 Å². The molecule has 2 atom stereocenters. The number of nitrogens with one attached hydrogen (secondary N) is 2. The Hall–Kier alpha value is -3.91. The smallest absolute Gasteiger partial charge is 0.494 e. The highest BCUT2D eigenvalue weighted by Gasteiger charge is 2.54. The van der Waals surface area contributed by atoms with Crippen molar-refractivity contribution in [3.63, 3.8) is 0 Å². The number of benzene rings is 4. The van der Waals surface area contributed by atoms with Crippen LogP contribution in [0.3, 0.4) is 0 Å². The predicted octanol–water partition coefficient (Wildman–Crippen LogP) is 7.19. The van der Waals surface area contributed by atoms with Gasteiger partial charge in [-0.15, -0.1) is 13.2 Å². The Morgan fingerprint density at radius 1 is 0.915 bits per heavy atom. The minimum atomic E-state index is -4.79. The summed E-state index contributed by atoms with van der Waals surface area (Å²) in [4.78, 5) is 19.3. The molecule has 246 valence electrons. The first-order valence-electron chi connectivity index (χ1n) is 14.5. The summed E-state index contributed by atoms with van der Waals surface area (Å²) in [6, 6.07) is 27.5. The summed E-state index contributed by atoms with van der Waals surface area (Å²) in [5, 5.41) is 9.05. The van der Waals surface area contributed by atoms with Gasteiger partial charge in [0.15, 0.2) is 11.6 Å². The van der Waals surface area contributed by atoms with Crippen LogP contribution in [0.1, 0.15) is 34.8 Å². The van der Waals surface area contributed by atoms with Gasteiger partial charge in [-0.25, -0.2) is 10.4 Å². The Kier molecular flexibility index (Phi) is 11.2. The molecule has 0 saturated heterocycles. The predicted molar refractivity (Wildman–Crippen MR) is 177 cm³/mol. The monoisotopic (exact) mass is 775 g/mol. The Labute approximate surface area is 286 Å². The van der Waals surface area contributed by atoms with Gasteiger partial charge in [0.2, 0.25) is 5.90 Å². The molecule has 8 nitrogen and oxygen atoms in total. The molecule has 5 rings (SSSR count). The molecule has 0 fully saturated rings. The van der Waals surface area contributed by atoms with Crippen LogP contribution in [0.15, 0.2) is 111 Å². The lowest BCUT2D eigenvalue weighted by molar-refractivity contribution is -0.274. The zero-order valence-electron chi connectivity index (χ0n) is 24.8. The van der Waals surface area contributed by atoms with Gasteiger partial charge in [0.25, 0.3) is 5.91 Å². The van der Waals surface area contributed by atoms with Crippen LogP contribution in [0.25, 0.3) is 0 Å². The van der Waals surface area contributed by atoms with E-state index in [0.29, 0.717) is 35.5 Å². The second-order valence-corrected chi connectivity index (χ2v) is 12.4. The van der Waals surface area contributed by atoms with Gasteiger partial charge in [-0.2, -0.15) is 0 Å². The van der Waals surface area contributed by atoms with Crippen molar-refractivity contribution in [3.05, 3.63) is 128 Å². The maximum atomic E-state index is 14.3. The highest BCUT2D eigenvalue weighted by molar-refractivity contribution is 9.10. The molecule has 0 unspecified atom stereocenters. The number of aliphatic imine (C=N–C) groups is 1. The summed E-state index contributed by atoms with van der Waals surface area (Å²) in [5.41, 5.74) is 6.98. The molecule has 0 spiro atoms. The second-order valence-electron chi connectivity index (χ2n) is 10.6. The maximum Gasteiger partial charge on any atom is 0.573 e. The van der Waals surface area contributed by atoms with E-state index in [9.17, 15) is 18.0 Å². The summed E-state index contributed by atoms with van der Waals surface area (Å²) >= 11 is 7.09. The summed E-state index contributed by atoms with van der Waals surface area (Å²) in [5.74, 6) is 0.0614. The van der Waals surface area contributed by atoms with Gasteiger partial charge in [0.05, 0.1) is 6.61 Å². The van der Waals surface area contributed by atoms with E-state index in [0.717, 1.165) is 14.5 Å². The lowest BCUT2D eigenvalue weighted by atomic mass is 9.82. The van der Waals surface area contributed by atoms with Crippen LogP contribution in [0.4, 0.5) is 13.2 Å². The first-order valence-corrected chi connectivity index (χ1v) is 16.1. The van der Waals surface area contributed by atoms with Gasteiger partial charge >= 0.3 is 6.36 Å². The molecule has 13 heteroatoms. The molecule has 1 aliphatic heterocycles. The maximum absolute atomic E-state index is 14.3. The van der Waals surface area contributed by atoms with Gasteiger partial charge < -0.3 is 19.3 Å². The van der Waals surface area contributed by atoms with Crippen LogP contribution in [-0.4, -0.2) is 42.0 Å². The number of aliphatic hydroxyl groups is 1. The van der Waals surface area contributed by atoms with Crippen LogP contribution in [0.2, 0.25) is 0 Å². The molecular formula is C34H30Br2F3N3O5. The Morgan fingerprint density at radius 2 is 1.57 bits per heavy atom. The van der Waals surface area contributed by atoms with Crippen molar-refractivity contribution in [2.45, 2.75) is 37.4 Å². The first-order chi connectivity index (χ1) is 22.6. The molecule has 0 aliphatic carbocycles. The molecule has 0 radical (unpaired) electrons. The topological polar surface area (TPSA) is 101 Å². The summed E-state index contributed by atoms with van der Waals surface area (Å²) in [6.45, 7) is 0.507. The molecule has 3 N–H and O–H groups in total. The lowest BCUT2D eigenvalue weighted by Gasteiger charge is -2.31. The number of amides is 1. The van der Waals surface area contributed by atoms with E-state index in [-0.39, 0.29) is 31.2 Å². The highest BCUT2D eigenvalue weighted by Crippen LogP contribution is 2.44. The number of ether oxygens (including phenoxy) is 3. The molecular weight excluding hydrogens is 747 g/mol. The Morgan fingerprint density at radius 3 is 2.23 bits per heavy atom. The summed E-state index contributed by atoms with van der Waals surface area (Å²) in [6.07, 6.45) is -4.96. The van der Waals surface area contributed by atoms with E-state index in [2.05, 4.69) is 47.4 Å². The Bertz CT molecular complexity index is 1690. The Balaban J connectivity index is 1.46. The van der Waals surface area contributed by atoms with Crippen LogP contribution < -0.4 is 20.3 Å². The molecule has 47 heavy (non-hydrogen) atoms. The molecule has 1 heterocycles. The van der Waals surface area contributed by atoms with Gasteiger partial charge in [0, 0.05) is 46.1 Å². The number of carbonyl (C=O) groups is 1. The van der Waals surface area contributed by atoms with Crippen molar-refractivity contribution in [2.75, 3.05) is 13.2 Å². The number of alkyl halides is 3. The normalized spacial score (nSPS) is 17.5. The minimum Gasteiger partial charge on any atom is -0.494 e. The van der Waals surface area contributed by atoms with Crippen LogP contribution in [0.5, 0.6) is 11.5 Å². The second kappa shape index (κ2) is 15.3. The van der Waals surface area contributed by atoms with Gasteiger partial charge in [0.1, 0.15) is 11.5 Å². The number of hydrogen-bond acceptors (Lipinski definition) is 7. The van der Waals surface area contributed by atoms with E-state index in [1.165, 1.54) is 24.3 Å². The van der Waals surface area contributed by atoms with E-state index in [4.69, 9.17) is 19.6 Å². The fourth-order valence-corrected chi connectivity index (χ4v) is 5.76. The van der Waals surface area contributed by atoms with Gasteiger partial charge in [-0.1, -0.05) is 74.3 Å².